The highest BCUT2D eigenvalue weighted by Gasteiger charge is 2.37. The molecule has 5 heterocycles. The molecule has 208 valence electrons. The predicted octanol–water partition coefficient (Wildman–Crippen LogP) is 1.63. The number of nitrogens with zero attached hydrogens (tertiary/aromatic N) is 3. The molecule has 0 atom stereocenters. The van der Waals surface area contributed by atoms with Gasteiger partial charge in [0.15, 0.2) is 28.0 Å². The molecule has 0 saturated carbocycles. The maximum atomic E-state index is 13.4. The number of aromatic nitrogens is 2. The van der Waals surface area contributed by atoms with Crippen molar-refractivity contribution >= 4 is 50.7 Å². The Morgan fingerprint density at radius 3 is 2.59 bits per heavy atom. The van der Waals surface area contributed by atoms with Crippen molar-refractivity contribution in [1.29, 1.82) is 0 Å². The van der Waals surface area contributed by atoms with Crippen LogP contribution in [0.5, 0.6) is 23.0 Å². The van der Waals surface area contributed by atoms with Crippen LogP contribution >= 0.6 is 0 Å². The molecule has 0 aliphatic carbocycles. The number of H-pyrrole nitrogens is 1. The van der Waals surface area contributed by atoms with Crippen molar-refractivity contribution < 1.29 is 33.6 Å². The van der Waals surface area contributed by atoms with Crippen LogP contribution in [0.4, 0.5) is 0 Å². The van der Waals surface area contributed by atoms with Gasteiger partial charge in [-0.2, -0.15) is 0 Å². The maximum absolute atomic E-state index is 13.4. The lowest BCUT2D eigenvalue weighted by Gasteiger charge is -2.12. The number of aryl methyl sites for hydroxylation is 1. The van der Waals surface area contributed by atoms with Crippen LogP contribution in [0.15, 0.2) is 41.6 Å². The summed E-state index contributed by atoms with van der Waals surface area (Å²) in [6.45, 7) is 0.720. The van der Waals surface area contributed by atoms with E-state index in [4.69, 9.17) is 24.7 Å². The fourth-order valence-electron chi connectivity index (χ4n) is 5.46. The highest BCUT2D eigenvalue weighted by Crippen LogP contribution is 2.46. The Hall–Kier alpha value is -5.73. The number of hydrazone groups is 1. The van der Waals surface area contributed by atoms with Gasteiger partial charge in [-0.15, -0.1) is 0 Å². The Morgan fingerprint density at radius 1 is 1.05 bits per heavy atom. The number of hydrogen-bond acceptors (Lipinski definition) is 8. The first-order valence-corrected chi connectivity index (χ1v) is 12.5. The van der Waals surface area contributed by atoms with Crippen molar-refractivity contribution in [2.24, 2.45) is 10.8 Å². The Morgan fingerprint density at radius 2 is 1.78 bits per heavy atom. The Balaban J connectivity index is 1.38. The average Bonchev–Trinajstić information content (AvgIpc) is 3.74. The fourth-order valence-corrected chi connectivity index (χ4v) is 5.46. The van der Waals surface area contributed by atoms with Crippen LogP contribution in [0.1, 0.15) is 17.7 Å². The molecule has 2 aromatic carbocycles. The van der Waals surface area contributed by atoms with Crippen LogP contribution in [-0.4, -0.2) is 52.5 Å². The van der Waals surface area contributed by atoms with E-state index in [1.165, 1.54) is 0 Å². The van der Waals surface area contributed by atoms with Gasteiger partial charge in [0.05, 0.1) is 33.3 Å². The van der Waals surface area contributed by atoms with Crippen molar-refractivity contribution in [3.05, 3.63) is 57.9 Å². The van der Waals surface area contributed by atoms with Gasteiger partial charge in [0.2, 0.25) is 13.6 Å². The van der Waals surface area contributed by atoms with E-state index in [0.717, 1.165) is 5.52 Å². The van der Waals surface area contributed by atoms with Crippen molar-refractivity contribution in [1.82, 2.24) is 20.2 Å². The van der Waals surface area contributed by atoms with E-state index in [1.54, 1.807) is 24.4 Å². The fraction of sp³-hybridized carbons (Fsp3) is 0.192. The SMILES string of the molecule is NC(=N[N+](=O)[O-])NCCCn1c(C2=C(c3c[nH]c4ccc5c(c34)OCO5)C(=O)NC2=O)cc2c3c(ccc21)OCO3. The number of rotatable bonds is 7. The van der Waals surface area contributed by atoms with E-state index < -0.39 is 16.8 Å². The second kappa shape index (κ2) is 9.18. The molecular formula is C26H21N7O8. The number of fused-ring (bicyclic) bond motifs is 6. The summed E-state index contributed by atoms with van der Waals surface area (Å²) in [5.74, 6) is 0.709. The van der Waals surface area contributed by atoms with Crippen LogP contribution in [0.25, 0.3) is 33.0 Å². The van der Waals surface area contributed by atoms with Gasteiger partial charge in [-0.25, -0.2) is 10.1 Å². The first-order valence-electron chi connectivity index (χ1n) is 12.5. The number of carbonyl (C=O) groups is 2. The number of imide groups is 1. The largest absolute Gasteiger partial charge is 0.454 e. The zero-order valence-electron chi connectivity index (χ0n) is 21.2. The molecule has 15 heteroatoms. The topological polar surface area (TPSA) is 197 Å². The van der Waals surface area contributed by atoms with E-state index in [2.05, 4.69) is 20.7 Å². The zero-order valence-corrected chi connectivity index (χ0v) is 21.2. The summed E-state index contributed by atoms with van der Waals surface area (Å²) in [5, 5.41) is 19.2. The minimum absolute atomic E-state index is 0.0441. The molecule has 2 aromatic heterocycles. The Labute approximate surface area is 229 Å². The molecule has 5 N–H and O–H groups in total. The number of carbonyl (C=O) groups excluding carboxylic acids is 2. The van der Waals surface area contributed by atoms with E-state index in [1.807, 2.05) is 16.7 Å². The molecule has 0 radical (unpaired) electrons. The lowest BCUT2D eigenvalue weighted by Crippen LogP contribution is -2.33. The summed E-state index contributed by atoms with van der Waals surface area (Å²) in [4.78, 5) is 40.5. The zero-order chi connectivity index (χ0) is 28.2. The first-order chi connectivity index (χ1) is 19.9. The number of ether oxygens (including phenoxy) is 4. The van der Waals surface area contributed by atoms with Crippen LogP contribution in [0.2, 0.25) is 0 Å². The summed E-state index contributed by atoms with van der Waals surface area (Å²) < 4.78 is 24.4. The minimum atomic E-state index is -0.885. The van der Waals surface area contributed by atoms with Crippen LogP contribution in [0.3, 0.4) is 0 Å². The second-order valence-electron chi connectivity index (χ2n) is 9.37. The summed E-state index contributed by atoms with van der Waals surface area (Å²) in [5.41, 5.74) is 8.34. The number of guanidine groups is 1. The van der Waals surface area contributed by atoms with Gasteiger partial charge >= 0.3 is 0 Å². The molecule has 2 amide bonds. The minimum Gasteiger partial charge on any atom is -0.454 e. The lowest BCUT2D eigenvalue weighted by molar-refractivity contribution is -0.485. The molecule has 3 aliphatic heterocycles. The standard InChI is InChI=1S/C26H21N7O8/c27-26(31-33(36)37)28-6-1-7-32-15-3-5-17-22(40-10-38-17)12(15)8-16(32)21-20(24(34)30-25(21)35)13-9-29-14-2-4-18-23(19(13)14)41-11-39-18/h2-5,8-9,29H,1,6-7,10-11H2,(H3,27,28,31)(H,30,34,35). The van der Waals surface area contributed by atoms with Gasteiger partial charge in [-0.3, -0.25) is 14.9 Å². The van der Waals surface area contributed by atoms with Crippen LogP contribution < -0.4 is 35.3 Å². The molecule has 15 nitrogen and oxygen atoms in total. The van der Waals surface area contributed by atoms with Crippen LogP contribution in [-0.2, 0) is 16.1 Å². The van der Waals surface area contributed by atoms with E-state index >= 15 is 0 Å². The van der Waals surface area contributed by atoms with Gasteiger partial charge in [-0.1, -0.05) is 0 Å². The third kappa shape index (κ3) is 3.85. The number of amides is 2. The quantitative estimate of drug-likeness (QED) is 0.0645. The summed E-state index contributed by atoms with van der Waals surface area (Å²) in [6.07, 6.45) is 2.12. The molecule has 41 heavy (non-hydrogen) atoms. The molecule has 4 aromatic rings. The number of aromatic amines is 1. The van der Waals surface area contributed by atoms with Crippen molar-refractivity contribution in [3.8, 4) is 23.0 Å². The molecule has 0 bridgehead atoms. The van der Waals surface area contributed by atoms with Crippen molar-refractivity contribution in [2.45, 2.75) is 13.0 Å². The third-order valence-corrected chi connectivity index (χ3v) is 7.11. The highest BCUT2D eigenvalue weighted by atomic mass is 16.7. The molecule has 0 spiro atoms. The number of hydrogen-bond donors (Lipinski definition) is 4. The van der Waals surface area contributed by atoms with E-state index in [9.17, 15) is 19.7 Å². The molecule has 7 rings (SSSR count). The van der Waals surface area contributed by atoms with Gasteiger partial charge in [0.25, 0.3) is 17.8 Å². The van der Waals surface area contributed by atoms with Crippen molar-refractivity contribution in [3.63, 3.8) is 0 Å². The van der Waals surface area contributed by atoms with Gasteiger partial charge in [0, 0.05) is 30.2 Å². The number of benzene rings is 2. The Bertz CT molecular complexity index is 1870. The summed E-state index contributed by atoms with van der Waals surface area (Å²) in [7, 11) is 0. The van der Waals surface area contributed by atoms with Gasteiger partial charge < -0.3 is 39.5 Å². The summed E-state index contributed by atoms with van der Waals surface area (Å²) in [6, 6.07) is 9.02. The normalized spacial score (nSPS) is 15.9. The average molecular weight is 559 g/mol. The Kier molecular flexibility index (Phi) is 5.45. The summed E-state index contributed by atoms with van der Waals surface area (Å²) >= 11 is 0. The molecule has 3 aliphatic rings. The van der Waals surface area contributed by atoms with Crippen LogP contribution in [0, 0.1) is 10.1 Å². The smallest absolute Gasteiger partial charge is 0.266 e. The van der Waals surface area contributed by atoms with E-state index in [-0.39, 0.29) is 37.2 Å². The lowest BCUT2D eigenvalue weighted by atomic mass is 9.98. The molecular weight excluding hydrogens is 538 g/mol. The van der Waals surface area contributed by atoms with Gasteiger partial charge in [0.1, 0.15) is 5.10 Å². The van der Waals surface area contributed by atoms with Crippen molar-refractivity contribution in [2.75, 3.05) is 20.1 Å². The molecule has 0 saturated heterocycles. The third-order valence-electron chi connectivity index (χ3n) is 7.11. The van der Waals surface area contributed by atoms with E-state index in [0.29, 0.717) is 63.5 Å². The maximum Gasteiger partial charge on any atom is 0.266 e. The molecule has 0 fully saturated rings. The molecule has 0 unspecified atom stereocenters. The number of nitrogens with one attached hydrogen (secondary N) is 3. The number of nitro groups is 1. The predicted molar refractivity (Wildman–Crippen MR) is 144 cm³/mol. The number of nitrogens with two attached hydrogens (primary N) is 1. The first kappa shape index (κ1) is 24.3. The monoisotopic (exact) mass is 559 g/mol. The highest BCUT2D eigenvalue weighted by molar-refractivity contribution is 6.50. The second-order valence-corrected chi connectivity index (χ2v) is 9.37. The van der Waals surface area contributed by atoms with Gasteiger partial charge in [-0.05, 0) is 36.8 Å².